The molecule has 1 saturated carbocycles. The van der Waals surface area contributed by atoms with Gasteiger partial charge in [0.15, 0.2) is 4.80 Å². The van der Waals surface area contributed by atoms with Crippen LogP contribution in [0.4, 0.5) is 0 Å². The number of nitrogens with zero attached hydrogens (tertiary/aromatic N) is 2. The van der Waals surface area contributed by atoms with Gasteiger partial charge in [0.1, 0.15) is 0 Å². The van der Waals surface area contributed by atoms with Crippen molar-refractivity contribution in [2.24, 2.45) is 4.99 Å². The topological polar surface area (TPSA) is 63.5 Å². The summed E-state index contributed by atoms with van der Waals surface area (Å²) in [5.74, 6) is -0.346. The van der Waals surface area contributed by atoms with Crippen LogP contribution in [0.25, 0.3) is 0 Å². The predicted octanol–water partition coefficient (Wildman–Crippen LogP) is 4.50. The molecule has 0 spiro atoms. The van der Waals surface area contributed by atoms with Gasteiger partial charge in [0.25, 0.3) is 11.8 Å². The molecule has 1 N–H and O–H groups in total. The van der Waals surface area contributed by atoms with Crippen LogP contribution in [-0.4, -0.2) is 22.4 Å². The molecular weight excluding hydrogens is 418 g/mol. The Hall–Kier alpha value is -2.70. The maximum atomic E-state index is 12.6. The molecule has 1 heterocycles. The second-order valence-electron chi connectivity index (χ2n) is 7.48. The van der Waals surface area contributed by atoms with Gasteiger partial charge in [-0.05, 0) is 62.6 Å². The average molecular weight is 440 g/mol. The van der Waals surface area contributed by atoms with E-state index in [1.807, 2.05) is 42.7 Å². The zero-order valence-electron chi connectivity index (χ0n) is 16.8. The van der Waals surface area contributed by atoms with Crippen molar-refractivity contribution in [3.05, 3.63) is 85.6 Å². The number of thiazole rings is 1. The quantitative estimate of drug-likeness (QED) is 0.636. The zero-order chi connectivity index (χ0) is 21.3. The Morgan fingerprint density at radius 1 is 1.13 bits per heavy atom. The summed E-state index contributed by atoms with van der Waals surface area (Å²) in [5.41, 5.74) is 3.22. The molecule has 1 aliphatic rings. The van der Waals surface area contributed by atoms with Crippen molar-refractivity contribution in [2.45, 2.75) is 39.3 Å². The predicted molar refractivity (Wildman–Crippen MR) is 119 cm³/mol. The molecule has 4 rings (SSSR count). The van der Waals surface area contributed by atoms with Crippen molar-refractivity contribution < 1.29 is 9.59 Å². The third kappa shape index (κ3) is 4.71. The molecule has 0 unspecified atom stereocenters. The molecule has 30 heavy (non-hydrogen) atoms. The lowest BCUT2D eigenvalue weighted by Crippen LogP contribution is -2.25. The maximum absolute atomic E-state index is 12.6. The lowest BCUT2D eigenvalue weighted by molar-refractivity contribution is 0.0949. The van der Waals surface area contributed by atoms with Crippen LogP contribution in [0.1, 0.15) is 49.7 Å². The highest BCUT2D eigenvalue weighted by molar-refractivity contribution is 7.09. The summed E-state index contributed by atoms with van der Waals surface area (Å²) in [7, 11) is 0. The molecule has 2 aromatic carbocycles. The van der Waals surface area contributed by atoms with Crippen LogP contribution in [0.2, 0.25) is 5.02 Å². The molecule has 2 amide bonds. The van der Waals surface area contributed by atoms with Gasteiger partial charge in [-0.3, -0.25) is 9.59 Å². The van der Waals surface area contributed by atoms with E-state index in [4.69, 9.17) is 11.6 Å². The van der Waals surface area contributed by atoms with E-state index in [0.717, 1.165) is 29.0 Å². The molecule has 1 aliphatic carbocycles. The number of hydrogen-bond acceptors (Lipinski definition) is 3. The summed E-state index contributed by atoms with van der Waals surface area (Å²) >= 11 is 7.49. The fourth-order valence-electron chi connectivity index (χ4n) is 3.08. The Morgan fingerprint density at radius 3 is 2.53 bits per heavy atom. The van der Waals surface area contributed by atoms with E-state index in [1.54, 1.807) is 24.3 Å². The monoisotopic (exact) mass is 439 g/mol. The summed E-state index contributed by atoms with van der Waals surface area (Å²) < 4.78 is 2.03. The Labute approximate surface area is 184 Å². The Bertz CT molecular complexity index is 1170. The Morgan fingerprint density at radius 2 is 1.87 bits per heavy atom. The van der Waals surface area contributed by atoms with Gasteiger partial charge in [0.05, 0.1) is 6.54 Å². The van der Waals surface area contributed by atoms with Crippen molar-refractivity contribution in [1.29, 1.82) is 0 Å². The minimum absolute atomic E-state index is 0.0259. The second-order valence-corrected chi connectivity index (χ2v) is 9.10. The van der Waals surface area contributed by atoms with Gasteiger partial charge >= 0.3 is 0 Å². The highest BCUT2D eigenvalue weighted by Crippen LogP contribution is 2.20. The first kappa shape index (κ1) is 20.6. The van der Waals surface area contributed by atoms with Crippen LogP contribution < -0.4 is 10.1 Å². The van der Waals surface area contributed by atoms with Gasteiger partial charge in [-0.25, -0.2) is 0 Å². The van der Waals surface area contributed by atoms with E-state index in [-0.39, 0.29) is 11.8 Å². The van der Waals surface area contributed by atoms with Crippen molar-refractivity contribution >= 4 is 34.8 Å². The molecule has 1 aromatic heterocycles. The maximum Gasteiger partial charge on any atom is 0.279 e. The minimum Gasteiger partial charge on any atom is -0.349 e. The molecule has 0 atom stereocenters. The number of carbonyl (C=O) groups excluding carboxylic acids is 2. The van der Waals surface area contributed by atoms with Crippen molar-refractivity contribution in [3.63, 3.8) is 0 Å². The zero-order valence-corrected chi connectivity index (χ0v) is 18.4. The molecule has 0 saturated heterocycles. The molecule has 1 fully saturated rings. The lowest BCUT2D eigenvalue weighted by atomic mass is 10.1. The van der Waals surface area contributed by atoms with Crippen molar-refractivity contribution in [3.8, 4) is 0 Å². The number of halogens is 1. The molecule has 154 valence electrons. The number of nitrogens with one attached hydrogen (secondary N) is 1. The van der Waals surface area contributed by atoms with Crippen LogP contribution in [0, 0.1) is 13.8 Å². The third-order valence-corrected chi connectivity index (χ3v) is 6.46. The van der Waals surface area contributed by atoms with E-state index >= 15 is 0 Å². The largest absolute Gasteiger partial charge is 0.349 e. The van der Waals surface area contributed by atoms with E-state index in [1.165, 1.54) is 11.3 Å². The normalized spacial score (nSPS) is 14.0. The van der Waals surface area contributed by atoms with Gasteiger partial charge in [-0.15, -0.1) is 11.3 Å². The summed E-state index contributed by atoms with van der Waals surface area (Å²) in [6.07, 6.45) is 2.13. The smallest absolute Gasteiger partial charge is 0.279 e. The Kier molecular flexibility index (Phi) is 5.88. The molecular formula is C23H22ClN3O2S. The summed E-state index contributed by atoms with van der Waals surface area (Å²) in [6.45, 7) is 4.61. The van der Waals surface area contributed by atoms with Crippen LogP contribution in [-0.2, 0) is 6.54 Å². The number of aryl methyl sites for hydroxylation is 1. The lowest BCUT2D eigenvalue weighted by Gasteiger charge is -2.08. The minimum atomic E-state index is -0.320. The standard InChI is InChI=1S/C23H22ClN3O2S/c1-14-15(2)30-23(26-22(29)18-4-3-5-19(24)12-18)27(14)13-16-6-8-17(9-7-16)21(28)25-20-10-11-20/h3-9,12,20H,10-11,13H2,1-2H3,(H,25,28). The summed E-state index contributed by atoms with van der Waals surface area (Å²) in [5, 5.41) is 3.51. The number of hydrogen-bond donors (Lipinski definition) is 1. The van der Waals surface area contributed by atoms with Crippen molar-refractivity contribution in [2.75, 3.05) is 0 Å². The van der Waals surface area contributed by atoms with E-state index in [9.17, 15) is 9.59 Å². The van der Waals surface area contributed by atoms with Crippen LogP contribution in [0.15, 0.2) is 53.5 Å². The number of rotatable bonds is 5. The number of carbonyl (C=O) groups is 2. The highest BCUT2D eigenvalue weighted by Gasteiger charge is 2.23. The number of benzene rings is 2. The van der Waals surface area contributed by atoms with Gasteiger partial charge in [-0.1, -0.05) is 29.8 Å². The third-order valence-electron chi connectivity index (χ3n) is 5.13. The van der Waals surface area contributed by atoms with E-state index in [2.05, 4.69) is 10.3 Å². The van der Waals surface area contributed by atoms with Gasteiger partial charge in [0.2, 0.25) is 0 Å². The fourth-order valence-corrected chi connectivity index (χ4v) is 4.24. The van der Waals surface area contributed by atoms with E-state index < -0.39 is 0 Å². The van der Waals surface area contributed by atoms with Crippen LogP contribution in [0.5, 0.6) is 0 Å². The highest BCUT2D eigenvalue weighted by atomic mass is 35.5. The molecule has 0 bridgehead atoms. The fraction of sp³-hybridized carbons (Fsp3) is 0.261. The summed E-state index contributed by atoms with van der Waals surface area (Å²) in [4.78, 5) is 30.9. The molecule has 5 nitrogen and oxygen atoms in total. The average Bonchev–Trinajstić information content (AvgIpc) is 3.51. The first-order valence-corrected chi connectivity index (χ1v) is 11.0. The number of aromatic nitrogens is 1. The van der Waals surface area contributed by atoms with E-state index in [0.29, 0.717) is 33.5 Å². The first-order valence-electron chi connectivity index (χ1n) is 9.82. The summed E-state index contributed by atoms with van der Waals surface area (Å²) in [6, 6.07) is 14.7. The SMILES string of the molecule is Cc1sc(=NC(=O)c2cccc(Cl)c2)n(Cc2ccc(C(=O)NC3CC3)cc2)c1C. The Balaban J connectivity index is 1.58. The molecule has 3 aromatic rings. The van der Waals surface area contributed by atoms with Gasteiger partial charge in [0, 0.05) is 32.8 Å². The molecule has 0 radical (unpaired) electrons. The van der Waals surface area contributed by atoms with Crippen LogP contribution in [0.3, 0.4) is 0 Å². The number of amides is 2. The van der Waals surface area contributed by atoms with Crippen molar-refractivity contribution in [1.82, 2.24) is 9.88 Å². The van der Waals surface area contributed by atoms with Gasteiger partial charge in [-0.2, -0.15) is 4.99 Å². The molecule has 7 heteroatoms. The molecule has 0 aliphatic heterocycles. The van der Waals surface area contributed by atoms with Crippen LogP contribution >= 0.6 is 22.9 Å². The second kappa shape index (κ2) is 8.58. The first-order chi connectivity index (χ1) is 14.4. The van der Waals surface area contributed by atoms with Gasteiger partial charge < -0.3 is 9.88 Å².